The van der Waals surface area contributed by atoms with Crippen molar-refractivity contribution in [1.29, 1.82) is 0 Å². The molecule has 2 aliphatic heterocycles. The quantitative estimate of drug-likeness (QED) is 0.426. The van der Waals surface area contributed by atoms with Crippen molar-refractivity contribution in [3.63, 3.8) is 0 Å². The zero-order valence-electron chi connectivity index (χ0n) is 14.4. The number of fused-ring (bicyclic) bond motifs is 2. The van der Waals surface area contributed by atoms with Gasteiger partial charge >= 0.3 is 18.0 Å². The van der Waals surface area contributed by atoms with Gasteiger partial charge in [-0.2, -0.15) is 22.3 Å². The van der Waals surface area contributed by atoms with Gasteiger partial charge in [-0.15, -0.1) is 0 Å². The molecule has 0 aliphatic carbocycles. The Balaban J connectivity index is 1.60. The van der Waals surface area contributed by atoms with Crippen molar-refractivity contribution in [1.82, 2.24) is 0 Å². The van der Waals surface area contributed by atoms with Crippen molar-refractivity contribution >= 4 is 28.2 Å². The number of hydrogen-bond donors (Lipinski definition) is 4. The molecule has 29 heavy (non-hydrogen) atoms. The van der Waals surface area contributed by atoms with Gasteiger partial charge in [0.05, 0.1) is 6.20 Å². The summed E-state index contributed by atoms with van der Waals surface area (Å²) in [7, 11) is -3.07. The van der Waals surface area contributed by atoms with Gasteiger partial charge in [-0.05, 0) is 30.3 Å². The van der Waals surface area contributed by atoms with E-state index in [-0.39, 0.29) is 22.8 Å². The Kier molecular flexibility index (Phi) is 4.29. The van der Waals surface area contributed by atoms with E-state index in [0.29, 0.717) is 6.54 Å². The van der Waals surface area contributed by atoms with E-state index < -0.39 is 40.4 Å². The third kappa shape index (κ3) is 3.52. The SMILES string of the molecule is O=C(Nc1ccc[n+]2c1NS(O)(O)CC2)c1ccc2c(c1)OC(F)(F)C(F)(F)O2. The molecule has 1 aromatic carbocycles. The topological polar surface area (TPSA) is 104 Å². The number of aryl methyl sites for hydroxylation is 1. The van der Waals surface area contributed by atoms with Crippen molar-refractivity contribution in [2.75, 3.05) is 15.8 Å². The summed E-state index contributed by atoms with van der Waals surface area (Å²) in [6.07, 6.45) is -8.08. The number of nitrogens with one attached hydrogen (secondary N) is 2. The molecule has 0 spiro atoms. The average Bonchev–Trinajstić information content (AvgIpc) is 2.61. The zero-order chi connectivity index (χ0) is 21.0. The second kappa shape index (κ2) is 6.37. The molecule has 2 aromatic rings. The Morgan fingerprint density at radius 1 is 1.14 bits per heavy atom. The smallest absolute Gasteiger partial charge is 0.421 e. The second-order valence-electron chi connectivity index (χ2n) is 6.29. The Labute approximate surface area is 162 Å². The molecule has 0 unspecified atom stereocenters. The van der Waals surface area contributed by atoms with Crippen LogP contribution in [0.15, 0.2) is 36.5 Å². The number of carbonyl (C=O) groups is 1. The average molecular weight is 436 g/mol. The summed E-state index contributed by atoms with van der Waals surface area (Å²) >= 11 is 0. The predicted octanol–water partition coefficient (Wildman–Crippen LogP) is 3.27. The maximum absolute atomic E-state index is 13.3. The molecule has 0 saturated carbocycles. The Morgan fingerprint density at radius 2 is 1.83 bits per heavy atom. The van der Waals surface area contributed by atoms with Crippen LogP contribution >= 0.6 is 10.8 Å². The van der Waals surface area contributed by atoms with Crippen molar-refractivity contribution in [3.8, 4) is 11.5 Å². The maximum Gasteiger partial charge on any atom is 0.507 e. The molecular weight excluding hydrogens is 422 g/mol. The van der Waals surface area contributed by atoms with Gasteiger partial charge in [0, 0.05) is 5.56 Å². The van der Waals surface area contributed by atoms with Gasteiger partial charge < -0.3 is 14.8 Å². The van der Waals surface area contributed by atoms with E-state index in [0.717, 1.165) is 18.2 Å². The van der Waals surface area contributed by atoms with Crippen LogP contribution in [0.25, 0.3) is 0 Å². The highest BCUT2D eigenvalue weighted by Crippen LogP contribution is 2.47. The first kappa shape index (κ1) is 19.5. The number of rotatable bonds is 2. The molecule has 1 amide bonds. The number of carbonyl (C=O) groups excluding carboxylic acids is 1. The summed E-state index contributed by atoms with van der Waals surface area (Å²) in [4.78, 5) is 12.5. The molecule has 4 N–H and O–H groups in total. The number of anilines is 2. The molecule has 0 bridgehead atoms. The molecule has 13 heteroatoms. The lowest BCUT2D eigenvalue weighted by Gasteiger charge is -2.32. The van der Waals surface area contributed by atoms with Crippen LogP contribution in [0.2, 0.25) is 0 Å². The minimum absolute atomic E-state index is 0.0864. The summed E-state index contributed by atoms with van der Waals surface area (Å²) < 4.78 is 85.0. The molecule has 156 valence electrons. The summed E-state index contributed by atoms with van der Waals surface area (Å²) in [6, 6.07) is 5.96. The van der Waals surface area contributed by atoms with Crippen LogP contribution in [0, 0.1) is 0 Å². The lowest BCUT2D eigenvalue weighted by molar-refractivity contribution is -0.679. The van der Waals surface area contributed by atoms with Crippen LogP contribution in [-0.4, -0.2) is 33.0 Å². The Morgan fingerprint density at radius 3 is 2.55 bits per heavy atom. The van der Waals surface area contributed by atoms with E-state index in [9.17, 15) is 31.5 Å². The lowest BCUT2D eigenvalue weighted by atomic mass is 10.1. The highest BCUT2D eigenvalue weighted by molar-refractivity contribution is 8.25. The van der Waals surface area contributed by atoms with Gasteiger partial charge in [0.1, 0.15) is 18.0 Å². The van der Waals surface area contributed by atoms with Crippen molar-refractivity contribution in [3.05, 3.63) is 42.1 Å². The van der Waals surface area contributed by atoms with E-state index in [2.05, 4.69) is 19.5 Å². The number of benzene rings is 1. The molecular formula is C16H14F4N3O5S+. The van der Waals surface area contributed by atoms with Crippen LogP contribution in [0.3, 0.4) is 0 Å². The molecule has 0 radical (unpaired) electrons. The number of pyridine rings is 1. The first-order chi connectivity index (χ1) is 13.5. The summed E-state index contributed by atoms with van der Waals surface area (Å²) in [6.45, 7) is 0.293. The molecule has 8 nitrogen and oxygen atoms in total. The molecule has 0 saturated heterocycles. The lowest BCUT2D eigenvalue weighted by Crippen LogP contribution is -2.52. The number of aromatic nitrogens is 1. The Hall–Kier alpha value is -2.77. The normalized spacial score (nSPS) is 21.3. The van der Waals surface area contributed by atoms with Gasteiger partial charge in [-0.1, -0.05) is 10.8 Å². The molecule has 3 heterocycles. The minimum Gasteiger partial charge on any atom is -0.421 e. The molecule has 1 aromatic heterocycles. The van der Waals surface area contributed by atoms with Gasteiger partial charge in [0.2, 0.25) is 0 Å². The molecule has 4 rings (SSSR count). The van der Waals surface area contributed by atoms with Gasteiger partial charge in [0.25, 0.3) is 5.91 Å². The fraction of sp³-hybridized carbons (Fsp3) is 0.250. The zero-order valence-corrected chi connectivity index (χ0v) is 15.2. The van der Waals surface area contributed by atoms with E-state index in [1.165, 1.54) is 6.07 Å². The number of nitrogens with zero attached hydrogens (tertiary/aromatic N) is 1. The summed E-state index contributed by atoms with van der Waals surface area (Å²) in [5.74, 6) is -1.79. The predicted molar refractivity (Wildman–Crippen MR) is 93.5 cm³/mol. The minimum atomic E-state index is -4.90. The largest absolute Gasteiger partial charge is 0.507 e. The Bertz CT molecular complexity index is 1000. The third-order valence-electron chi connectivity index (χ3n) is 4.22. The first-order valence-corrected chi connectivity index (χ1v) is 9.84. The van der Waals surface area contributed by atoms with Crippen LogP contribution in [-0.2, 0) is 6.54 Å². The van der Waals surface area contributed by atoms with E-state index in [1.807, 2.05) is 0 Å². The fourth-order valence-corrected chi connectivity index (χ4v) is 3.88. The van der Waals surface area contributed by atoms with E-state index in [1.54, 1.807) is 16.8 Å². The van der Waals surface area contributed by atoms with E-state index in [4.69, 9.17) is 0 Å². The number of halogens is 4. The number of amides is 1. The molecule has 0 atom stereocenters. The number of ether oxygens (including phenoxy) is 2. The third-order valence-corrected chi connectivity index (χ3v) is 5.49. The standard InChI is InChI=1S/C16H13F4N3O5S/c17-15(18)16(19,20)28-12-8-9(3-4-11(12)27-15)14(24)21-10-2-1-5-23-6-7-29(25,26)22-13(10)23/h1-5,8H,6-7H2,(H3,21,24,25,26)/p+1. The van der Waals surface area contributed by atoms with Crippen LogP contribution in [0.5, 0.6) is 11.5 Å². The summed E-state index contributed by atoms with van der Waals surface area (Å²) in [5, 5.41) is 2.50. The van der Waals surface area contributed by atoms with Crippen molar-refractivity contribution in [2.24, 2.45) is 0 Å². The van der Waals surface area contributed by atoms with Crippen LogP contribution in [0.4, 0.5) is 29.1 Å². The highest BCUT2D eigenvalue weighted by Gasteiger charge is 2.65. The highest BCUT2D eigenvalue weighted by atomic mass is 32.3. The van der Waals surface area contributed by atoms with Crippen molar-refractivity contribution < 1.29 is 45.5 Å². The van der Waals surface area contributed by atoms with E-state index >= 15 is 0 Å². The number of alkyl halides is 4. The van der Waals surface area contributed by atoms with Crippen LogP contribution in [0.1, 0.15) is 10.4 Å². The van der Waals surface area contributed by atoms with Gasteiger partial charge in [-0.3, -0.25) is 13.9 Å². The monoisotopic (exact) mass is 436 g/mol. The fourth-order valence-electron chi connectivity index (χ4n) is 2.79. The van der Waals surface area contributed by atoms with Crippen molar-refractivity contribution in [2.45, 2.75) is 18.8 Å². The second-order valence-corrected chi connectivity index (χ2v) is 8.24. The molecule has 0 fully saturated rings. The maximum atomic E-state index is 13.3. The van der Waals surface area contributed by atoms with Gasteiger partial charge in [0.15, 0.2) is 11.5 Å². The molecule has 2 aliphatic rings. The number of hydrogen-bond acceptors (Lipinski definition) is 6. The van der Waals surface area contributed by atoms with Gasteiger partial charge in [-0.25, -0.2) is 4.57 Å². The van der Waals surface area contributed by atoms with Crippen LogP contribution < -0.4 is 24.1 Å². The summed E-state index contributed by atoms with van der Waals surface area (Å²) in [5.41, 5.74) is 0.0299. The first-order valence-electron chi connectivity index (χ1n) is 8.13.